The molecular weight excluding hydrogens is 1420 g/mol. The molecule has 2 aliphatic carbocycles. The Balaban J connectivity index is 1.51. The summed E-state index contributed by atoms with van der Waals surface area (Å²) in [6.45, 7) is 14.4. The van der Waals surface area contributed by atoms with E-state index in [2.05, 4.69) is 29.1 Å². The number of aryl methyl sites for hydroxylation is 1. The summed E-state index contributed by atoms with van der Waals surface area (Å²) in [6.07, 6.45) is -6.06. The normalized spacial score (nSPS) is 24.7. The van der Waals surface area contributed by atoms with Gasteiger partial charge >= 0.3 is 12.4 Å². The quantitative estimate of drug-likeness (QED) is 0.117. The van der Waals surface area contributed by atoms with Crippen LogP contribution in [0.2, 0.25) is 5.02 Å². The van der Waals surface area contributed by atoms with E-state index in [4.69, 9.17) is 11.6 Å². The number of nitrogens with one attached hydrogen (secondary N) is 3. The van der Waals surface area contributed by atoms with Gasteiger partial charge in [-0.05, 0) is 124 Å². The minimum absolute atomic E-state index is 0.0500. The molecule has 2 heterocycles. The summed E-state index contributed by atoms with van der Waals surface area (Å²) in [5, 5.41) is 7.87. The molecule has 0 bridgehead atoms. The molecule has 2 saturated heterocycles. The van der Waals surface area contributed by atoms with Crippen molar-refractivity contribution < 1.29 is 83.9 Å². The predicted octanol–water partition coefficient (Wildman–Crippen LogP) is 7.29. The molecule has 31 heteroatoms. The van der Waals surface area contributed by atoms with Crippen LogP contribution in [0.15, 0.2) is 67.3 Å². The number of benzene rings is 2. The molecule has 0 unspecified atom stereocenters. The van der Waals surface area contributed by atoms with Crippen molar-refractivity contribution in [1.82, 2.24) is 60.0 Å². The van der Waals surface area contributed by atoms with Crippen LogP contribution in [-0.4, -0.2) is 251 Å². The molecule has 4 fully saturated rings. The van der Waals surface area contributed by atoms with Crippen LogP contribution in [0.25, 0.3) is 0 Å². The van der Waals surface area contributed by atoms with Gasteiger partial charge < -0.3 is 60.0 Å². The second-order valence-electron chi connectivity index (χ2n) is 30.0. The summed E-state index contributed by atoms with van der Waals surface area (Å²) in [5.74, 6) is -10.8. The van der Waals surface area contributed by atoms with Crippen molar-refractivity contribution in [3.63, 3.8) is 0 Å². The molecule has 24 nitrogen and oxygen atoms in total. The minimum Gasteiger partial charge on any atom is -0.347 e. The molecule has 0 radical (unpaired) electrons. The Hall–Kier alpha value is -8.57. The van der Waals surface area contributed by atoms with Gasteiger partial charge in [-0.1, -0.05) is 101 Å². The zero-order chi connectivity index (χ0) is 80.1. The lowest BCUT2D eigenvalue weighted by atomic mass is 9.90. The van der Waals surface area contributed by atoms with E-state index in [0.717, 1.165) is 71.9 Å². The number of nitrogens with zero attached hydrogens (tertiary/aromatic N) is 9. The van der Waals surface area contributed by atoms with Crippen molar-refractivity contribution in [1.29, 1.82) is 0 Å². The first-order valence-electron chi connectivity index (χ1n) is 36.6. The number of alkyl halides is 6. The fourth-order valence-electron chi connectivity index (χ4n) is 14.9. The Labute approximate surface area is 628 Å². The number of hydrogen-bond donors (Lipinski definition) is 3. The molecule has 2 aliphatic heterocycles. The van der Waals surface area contributed by atoms with Gasteiger partial charge in [0.05, 0.1) is 35.7 Å². The fourth-order valence-corrected chi connectivity index (χ4v) is 15.2. The summed E-state index contributed by atoms with van der Waals surface area (Å²) in [7, 11) is 10.9. The van der Waals surface area contributed by atoms with Crippen LogP contribution in [0.3, 0.4) is 0 Å². The molecule has 9 atom stereocenters. The number of hydrogen-bond acceptors (Lipinski definition) is 12. The zero-order valence-corrected chi connectivity index (χ0v) is 64.6. The van der Waals surface area contributed by atoms with E-state index < -0.39 is 198 Å². The van der Waals surface area contributed by atoms with Crippen LogP contribution < -0.4 is 16.0 Å². The highest BCUT2D eigenvalue weighted by Crippen LogP contribution is 2.39. The first-order valence-corrected chi connectivity index (χ1v) is 36.9. The molecule has 2 saturated carbocycles. The summed E-state index contributed by atoms with van der Waals surface area (Å²) < 4.78 is 83.8. The van der Waals surface area contributed by atoms with E-state index in [1.54, 1.807) is 20.8 Å². The maximum atomic E-state index is 15.6. The second kappa shape index (κ2) is 37.5. The number of carbonyl (C=O) groups is 12. The van der Waals surface area contributed by atoms with Gasteiger partial charge in [0.15, 0.2) is 0 Å². The summed E-state index contributed by atoms with van der Waals surface area (Å²) >= 11 is 6.15. The van der Waals surface area contributed by atoms with Crippen molar-refractivity contribution in [3.8, 4) is 0 Å². The number of fused-ring (bicyclic) bond motifs is 1. The smallest absolute Gasteiger partial charge is 0.347 e. The van der Waals surface area contributed by atoms with Gasteiger partial charge in [0.2, 0.25) is 70.9 Å². The Kier molecular flexibility index (Phi) is 30.6. The molecule has 2 aromatic rings. The van der Waals surface area contributed by atoms with Gasteiger partial charge in [0.25, 0.3) is 0 Å². The van der Waals surface area contributed by atoms with E-state index in [1.807, 2.05) is 13.8 Å². The van der Waals surface area contributed by atoms with Crippen LogP contribution in [0, 0.1) is 17.8 Å². The van der Waals surface area contributed by atoms with E-state index >= 15 is 28.8 Å². The van der Waals surface area contributed by atoms with Crippen molar-refractivity contribution in [2.24, 2.45) is 17.8 Å². The van der Waals surface area contributed by atoms with E-state index in [1.165, 1.54) is 77.2 Å². The largest absolute Gasteiger partial charge is 0.417 e. The lowest BCUT2D eigenvalue weighted by molar-refractivity contribution is -0.156. The Bertz CT molecular complexity index is 3600. The molecule has 1 spiro atoms. The molecule has 0 aromatic heterocycles. The fraction of sp³-hybridized carbons (Fsp3) is 0.632. The lowest BCUT2D eigenvalue weighted by Gasteiger charge is -2.42. The number of rotatable bonds is 15. The first kappa shape index (κ1) is 87.3. The van der Waals surface area contributed by atoms with Gasteiger partial charge in [-0.15, -0.1) is 13.2 Å². The monoisotopic (exact) mass is 1530 g/mol. The standard InChI is InChI=1S/C76H107ClF6N12O12/c1-16-36-94-59(41-49-26-30-51(31-27-49)75(78,79)80)69(103)88(10)43-60(96)84-54(33-29-48-28-32-52(53(77)40-48)76(81,82)83)67(101)95-37-22-25-55(95)66(100)86-74(34-20-21-35-74)73(107)93(15)64(50-23-18-19-24-50)72(106)92(14)58(68(102)87(8)9)42-61(97)90(12)56(38-45(3)4)65(99)85-63(47(7)17-2)71(105)89(11)44-62(98)91(13)57(70(94)104)39-46(5)6/h16,26-28,30-32,40,45,47,50,54-59,63-64H,1,5,17-25,29,33-39,41-44H2,2-4,6-15H3,(H,84,96)(H,85,99)(H,86,100)/t47-,54+,55+,56-,57-,58-,59-,63-,64-/m0/s1. The first-order chi connectivity index (χ1) is 50.0. The Morgan fingerprint density at radius 2 is 1.29 bits per heavy atom. The van der Waals surface area contributed by atoms with Crippen molar-refractivity contribution >= 4 is 82.5 Å². The topological polar surface area (TPSA) is 270 Å². The maximum absolute atomic E-state index is 15.6. The summed E-state index contributed by atoms with van der Waals surface area (Å²) in [5.41, 5.74) is -3.13. The molecule has 592 valence electrons. The van der Waals surface area contributed by atoms with Gasteiger partial charge in [-0.2, -0.15) is 26.3 Å². The Morgan fingerprint density at radius 3 is 1.84 bits per heavy atom. The third kappa shape index (κ3) is 21.9. The van der Waals surface area contributed by atoms with Crippen molar-refractivity contribution in [2.75, 3.05) is 82.6 Å². The van der Waals surface area contributed by atoms with Gasteiger partial charge in [0, 0.05) is 75.9 Å². The molecule has 6 rings (SSSR count). The van der Waals surface area contributed by atoms with Crippen molar-refractivity contribution in [3.05, 3.63) is 94.5 Å². The number of likely N-dealkylation sites (N-methyl/N-ethyl adjacent to an activating group) is 7. The highest BCUT2D eigenvalue weighted by Gasteiger charge is 2.52. The molecular formula is C76H107ClF6N12O12. The van der Waals surface area contributed by atoms with Gasteiger partial charge in [-0.25, -0.2) is 0 Å². The van der Waals surface area contributed by atoms with E-state index in [-0.39, 0.29) is 75.0 Å². The molecule has 2 aromatic carbocycles. The zero-order valence-electron chi connectivity index (χ0n) is 63.8. The van der Waals surface area contributed by atoms with Crippen LogP contribution in [0.5, 0.6) is 0 Å². The minimum atomic E-state index is -4.83. The predicted molar refractivity (Wildman–Crippen MR) is 389 cm³/mol. The van der Waals surface area contributed by atoms with E-state index in [9.17, 15) is 55.1 Å². The van der Waals surface area contributed by atoms with E-state index in [0.29, 0.717) is 50.5 Å². The SMILES string of the molecule is C=CCN1C(=O)[C@H](CC(=C)C)N(C)C(=O)CN(C)C(=O)[C@H]([C@@H](C)CC)NC(=O)[C@H](CC(C)C)N(C)C(=O)C[C@@H](C(=O)N(C)C)N(C)C(=O)[C@H](C2CCCC2)N(C)C(=O)C2(CCCC2)NC(=O)[C@H]2CCCN2C(=O)[C@@H](CCc2ccc(C(F)(F)F)c(Cl)c2)NC(=O)CN(C)C(=O)[C@@H]1Cc1ccc(C(F)(F)F)cc1. The average molecular weight is 1530 g/mol. The molecule has 4 aliphatic rings. The third-order valence-corrected chi connectivity index (χ3v) is 21.6. The molecule has 107 heavy (non-hydrogen) atoms. The summed E-state index contributed by atoms with van der Waals surface area (Å²) in [4.78, 5) is 191. The maximum Gasteiger partial charge on any atom is 0.417 e. The highest BCUT2D eigenvalue weighted by atomic mass is 35.5. The number of halogens is 7. The molecule has 3 N–H and O–H groups in total. The summed E-state index contributed by atoms with van der Waals surface area (Å²) in [6, 6.07) is -4.67. The van der Waals surface area contributed by atoms with Gasteiger partial charge in [0.1, 0.15) is 53.9 Å². The second-order valence-corrected chi connectivity index (χ2v) is 30.4. The number of amides is 12. The lowest BCUT2D eigenvalue weighted by Crippen LogP contribution is -2.65. The van der Waals surface area contributed by atoms with Crippen molar-refractivity contribution in [2.45, 2.75) is 210 Å². The van der Waals surface area contributed by atoms with Crippen LogP contribution in [0.1, 0.15) is 153 Å². The Morgan fingerprint density at radius 1 is 0.692 bits per heavy atom. The van der Waals surface area contributed by atoms with Crippen LogP contribution >= 0.6 is 11.6 Å². The molecule has 12 amide bonds. The van der Waals surface area contributed by atoms with Crippen LogP contribution in [0.4, 0.5) is 26.3 Å². The average Bonchev–Trinajstić information content (AvgIpc) is 1.72. The van der Waals surface area contributed by atoms with Crippen LogP contribution in [-0.2, 0) is 82.7 Å². The number of carbonyl (C=O) groups excluding carboxylic acids is 12. The van der Waals surface area contributed by atoms with Gasteiger partial charge in [-0.3, -0.25) is 57.5 Å². The third-order valence-electron chi connectivity index (χ3n) is 21.3. The highest BCUT2D eigenvalue weighted by molar-refractivity contribution is 6.31.